The van der Waals surface area contributed by atoms with E-state index in [9.17, 15) is 4.79 Å². The maximum Gasteiger partial charge on any atom is 0.228 e. The van der Waals surface area contributed by atoms with Crippen LogP contribution in [0.15, 0.2) is 43.1 Å². The number of rotatable bonds is 4. The highest BCUT2D eigenvalue weighted by atomic mass is 16.5. The van der Waals surface area contributed by atoms with Gasteiger partial charge < -0.3 is 10.1 Å². The van der Waals surface area contributed by atoms with Crippen LogP contribution in [0, 0.1) is 5.92 Å². The molecule has 0 saturated carbocycles. The summed E-state index contributed by atoms with van der Waals surface area (Å²) in [6, 6.07) is 4.39. The van der Waals surface area contributed by atoms with Crippen molar-refractivity contribution in [3.8, 4) is 11.3 Å². The lowest BCUT2D eigenvalue weighted by Gasteiger charge is -2.41. The first-order chi connectivity index (χ1) is 14.3. The number of pyridine rings is 2. The second-order valence-corrected chi connectivity index (χ2v) is 7.57. The lowest BCUT2D eigenvalue weighted by molar-refractivity contribution is -0.123. The minimum atomic E-state index is 0.0220. The van der Waals surface area contributed by atoms with Crippen LogP contribution in [0.3, 0.4) is 0 Å². The fourth-order valence-corrected chi connectivity index (χ4v) is 3.88. The van der Waals surface area contributed by atoms with Gasteiger partial charge in [0.05, 0.1) is 42.9 Å². The SMILES string of the molecule is O=C(Nc1cc2cc(-c3cnccn3)cnc2cn1)C1CCN(C2COC2)CC1. The first-order valence-corrected chi connectivity index (χ1v) is 9.91. The number of carbonyl (C=O) groups is 1. The second kappa shape index (κ2) is 7.81. The van der Waals surface area contributed by atoms with Crippen molar-refractivity contribution < 1.29 is 9.53 Å². The predicted octanol–water partition coefficient (Wildman–Crippen LogP) is 2.14. The molecule has 0 aromatic carbocycles. The molecular formula is C21H22N6O2. The van der Waals surface area contributed by atoms with E-state index in [2.05, 4.69) is 30.2 Å². The Labute approximate surface area is 168 Å². The highest BCUT2D eigenvalue weighted by Crippen LogP contribution is 2.25. The van der Waals surface area contributed by atoms with Crippen LogP contribution < -0.4 is 5.32 Å². The highest BCUT2D eigenvalue weighted by molar-refractivity contribution is 5.94. The van der Waals surface area contributed by atoms with Gasteiger partial charge in [-0.05, 0) is 38.1 Å². The summed E-state index contributed by atoms with van der Waals surface area (Å²) in [5.74, 6) is 0.614. The first-order valence-electron chi connectivity index (χ1n) is 9.91. The molecule has 0 unspecified atom stereocenters. The Morgan fingerprint density at radius 2 is 1.90 bits per heavy atom. The summed E-state index contributed by atoms with van der Waals surface area (Å²) in [4.78, 5) is 32.4. The molecule has 3 aromatic rings. The van der Waals surface area contributed by atoms with Crippen LogP contribution in [-0.4, -0.2) is 63.1 Å². The molecule has 148 valence electrons. The van der Waals surface area contributed by atoms with Gasteiger partial charge in [0.15, 0.2) is 0 Å². The van der Waals surface area contributed by atoms with E-state index >= 15 is 0 Å². The van der Waals surface area contributed by atoms with Gasteiger partial charge in [0, 0.05) is 35.5 Å². The van der Waals surface area contributed by atoms with E-state index in [1.807, 2.05) is 12.1 Å². The molecule has 0 spiro atoms. The van der Waals surface area contributed by atoms with Crippen LogP contribution in [0.25, 0.3) is 22.2 Å². The number of hydrogen-bond donors (Lipinski definition) is 1. The molecule has 3 aromatic heterocycles. The third-order valence-corrected chi connectivity index (χ3v) is 5.72. The highest BCUT2D eigenvalue weighted by Gasteiger charge is 2.32. The summed E-state index contributed by atoms with van der Waals surface area (Å²) in [6.07, 6.45) is 10.2. The molecule has 0 atom stereocenters. The molecule has 2 aliphatic rings. The van der Waals surface area contributed by atoms with E-state index < -0.39 is 0 Å². The normalized spacial score (nSPS) is 18.5. The van der Waals surface area contributed by atoms with Gasteiger partial charge in [-0.3, -0.25) is 24.6 Å². The summed E-state index contributed by atoms with van der Waals surface area (Å²) in [5.41, 5.74) is 2.40. The average Bonchev–Trinajstić information content (AvgIpc) is 2.73. The van der Waals surface area contributed by atoms with Gasteiger partial charge in [0.1, 0.15) is 5.82 Å². The Kier molecular flexibility index (Phi) is 4.87. The number of nitrogens with zero attached hydrogens (tertiary/aromatic N) is 5. The van der Waals surface area contributed by atoms with Crippen LogP contribution in [-0.2, 0) is 9.53 Å². The largest absolute Gasteiger partial charge is 0.378 e. The van der Waals surface area contributed by atoms with Gasteiger partial charge in [-0.2, -0.15) is 0 Å². The zero-order valence-electron chi connectivity index (χ0n) is 16.0. The van der Waals surface area contributed by atoms with E-state index in [0.717, 1.165) is 61.3 Å². The summed E-state index contributed by atoms with van der Waals surface area (Å²) in [5, 5.41) is 3.89. The van der Waals surface area contributed by atoms with Crippen molar-refractivity contribution in [3.63, 3.8) is 0 Å². The number of piperidine rings is 1. The monoisotopic (exact) mass is 390 g/mol. The molecule has 29 heavy (non-hydrogen) atoms. The standard InChI is InChI=1S/C21H22N6O2/c28-21(14-1-5-27(6-2-14)17-12-29-13-17)26-20-8-15-7-16(9-24-19(15)11-25-20)18-10-22-3-4-23-18/h3-4,7-11,14,17H,1-2,5-6,12-13H2,(H,25,26,28). The van der Waals surface area contributed by atoms with Crippen LogP contribution in [0.1, 0.15) is 12.8 Å². The molecule has 1 amide bonds. The predicted molar refractivity (Wildman–Crippen MR) is 108 cm³/mol. The maximum absolute atomic E-state index is 12.7. The molecule has 2 saturated heterocycles. The minimum Gasteiger partial charge on any atom is -0.378 e. The van der Waals surface area contributed by atoms with Gasteiger partial charge in [-0.25, -0.2) is 4.98 Å². The molecule has 8 heteroatoms. The minimum absolute atomic E-state index is 0.0220. The van der Waals surface area contributed by atoms with Gasteiger partial charge in [0.2, 0.25) is 5.91 Å². The molecular weight excluding hydrogens is 368 g/mol. The zero-order valence-corrected chi connectivity index (χ0v) is 16.0. The molecule has 8 nitrogen and oxygen atoms in total. The fraction of sp³-hybridized carbons (Fsp3) is 0.381. The van der Waals surface area contributed by atoms with Crippen molar-refractivity contribution in [3.05, 3.63) is 43.1 Å². The molecule has 2 aliphatic heterocycles. The van der Waals surface area contributed by atoms with E-state index in [1.54, 1.807) is 31.0 Å². The molecule has 0 radical (unpaired) electrons. The number of carbonyl (C=O) groups excluding carboxylic acids is 1. The van der Waals surface area contributed by atoms with Crippen LogP contribution in [0.5, 0.6) is 0 Å². The average molecular weight is 390 g/mol. The van der Waals surface area contributed by atoms with Gasteiger partial charge >= 0.3 is 0 Å². The number of likely N-dealkylation sites (tertiary alicyclic amines) is 1. The van der Waals surface area contributed by atoms with Crippen LogP contribution in [0.4, 0.5) is 5.82 Å². The Bertz CT molecular complexity index is 1020. The van der Waals surface area contributed by atoms with Crippen LogP contribution in [0.2, 0.25) is 0 Å². The molecule has 5 heterocycles. The fourth-order valence-electron chi connectivity index (χ4n) is 3.88. The Morgan fingerprint density at radius 1 is 1.03 bits per heavy atom. The summed E-state index contributed by atoms with van der Waals surface area (Å²) in [6.45, 7) is 3.54. The molecule has 0 aliphatic carbocycles. The van der Waals surface area contributed by atoms with Gasteiger partial charge in [-0.15, -0.1) is 0 Å². The summed E-state index contributed by atoms with van der Waals surface area (Å²) < 4.78 is 5.27. The van der Waals surface area contributed by atoms with E-state index in [0.29, 0.717) is 11.9 Å². The third-order valence-electron chi connectivity index (χ3n) is 5.72. The Morgan fingerprint density at radius 3 is 2.62 bits per heavy atom. The molecule has 0 bridgehead atoms. The van der Waals surface area contributed by atoms with Gasteiger partial charge in [0.25, 0.3) is 0 Å². The number of fused-ring (bicyclic) bond motifs is 1. The van der Waals surface area contributed by atoms with Crippen molar-refractivity contribution >= 4 is 22.6 Å². The number of anilines is 1. The van der Waals surface area contributed by atoms with E-state index in [4.69, 9.17) is 4.74 Å². The van der Waals surface area contributed by atoms with Crippen molar-refractivity contribution in [2.24, 2.45) is 5.92 Å². The van der Waals surface area contributed by atoms with Crippen LogP contribution >= 0.6 is 0 Å². The van der Waals surface area contributed by atoms with Crippen molar-refractivity contribution in [2.45, 2.75) is 18.9 Å². The molecule has 2 fully saturated rings. The van der Waals surface area contributed by atoms with Crippen molar-refractivity contribution in [1.82, 2.24) is 24.8 Å². The number of ether oxygens (including phenoxy) is 1. The Balaban J connectivity index is 1.28. The lowest BCUT2D eigenvalue weighted by atomic mass is 9.94. The number of hydrogen-bond acceptors (Lipinski definition) is 7. The van der Waals surface area contributed by atoms with Crippen molar-refractivity contribution in [1.29, 1.82) is 0 Å². The number of nitrogens with one attached hydrogen (secondary N) is 1. The van der Waals surface area contributed by atoms with Gasteiger partial charge in [-0.1, -0.05) is 0 Å². The third kappa shape index (κ3) is 3.81. The van der Waals surface area contributed by atoms with E-state index in [-0.39, 0.29) is 11.8 Å². The summed E-state index contributed by atoms with van der Waals surface area (Å²) >= 11 is 0. The number of aromatic nitrogens is 4. The Hall–Kier alpha value is -2.97. The number of amides is 1. The smallest absolute Gasteiger partial charge is 0.228 e. The molecule has 1 N–H and O–H groups in total. The second-order valence-electron chi connectivity index (χ2n) is 7.57. The first kappa shape index (κ1) is 18.1. The topological polar surface area (TPSA) is 93.1 Å². The van der Waals surface area contributed by atoms with E-state index in [1.165, 1.54) is 0 Å². The quantitative estimate of drug-likeness (QED) is 0.729. The lowest BCUT2D eigenvalue weighted by Crippen LogP contribution is -2.52. The maximum atomic E-state index is 12.7. The molecule has 5 rings (SSSR count). The van der Waals surface area contributed by atoms with Crippen molar-refractivity contribution in [2.75, 3.05) is 31.6 Å². The summed E-state index contributed by atoms with van der Waals surface area (Å²) in [7, 11) is 0. The zero-order chi connectivity index (χ0) is 19.6.